The maximum Gasteiger partial charge on any atom is 0.251 e. The Balaban J connectivity index is 1.38. The van der Waals surface area contributed by atoms with Crippen LogP contribution < -0.4 is 5.32 Å². The fraction of sp³-hybridized carbons (Fsp3) is 0.286. The van der Waals surface area contributed by atoms with E-state index in [0.717, 1.165) is 48.4 Å². The van der Waals surface area contributed by atoms with E-state index < -0.39 is 0 Å². The van der Waals surface area contributed by atoms with Crippen LogP contribution in [0, 0.1) is 0 Å². The predicted molar refractivity (Wildman–Crippen MR) is 106 cm³/mol. The van der Waals surface area contributed by atoms with Crippen molar-refractivity contribution in [2.24, 2.45) is 0 Å². The van der Waals surface area contributed by atoms with Crippen LogP contribution in [-0.4, -0.2) is 34.9 Å². The summed E-state index contributed by atoms with van der Waals surface area (Å²) in [7, 11) is 0. The Kier molecular flexibility index (Phi) is 4.96. The first kappa shape index (κ1) is 17.1. The summed E-state index contributed by atoms with van der Waals surface area (Å²) < 4.78 is 0. The molecule has 1 amide bonds. The van der Waals surface area contributed by atoms with Crippen LogP contribution >= 0.6 is 11.6 Å². The van der Waals surface area contributed by atoms with Gasteiger partial charge in [0.05, 0.1) is 0 Å². The second kappa shape index (κ2) is 7.52. The number of fused-ring (bicyclic) bond motifs is 1. The van der Waals surface area contributed by atoms with Crippen LogP contribution in [0.15, 0.2) is 54.7 Å². The Morgan fingerprint density at radius 3 is 2.88 bits per heavy atom. The van der Waals surface area contributed by atoms with Crippen LogP contribution in [0.4, 0.5) is 0 Å². The van der Waals surface area contributed by atoms with Crippen LogP contribution in [-0.2, 0) is 6.54 Å². The molecule has 0 aliphatic carbocycles. The number of halogens is 1. The number of aromatic nitrogens is 1. The molecule has 3 aromatic rings. The van der Waals surface area contributed by atoms with E-state index >= 15 is 0 Å². The highest BCUT2D eigenvalue weighted by atomic mass is 35.5. The summed E-state index contributed by atoms with van der Waals surface area (Å²) in [5.74, 6) is -0.000145. The summed E-state index contributed by atoms with van der Waals surface area (Å²) in [5.41, 5.74) is 2.94. The molecule has 0 radical (unpaired) electrons. The van der Waals surface area contributed by atoms with E-state index in [4.69, 9.17) is 11.6 Å². The van der Waals surface area contributed by atoms with E-state index in [1.54, 1.807) is 0 Å². The zero-order valence-electron chi connectivity index (χ0n) is 14.5. The molecule has 134 valence electrons. The minimum Gasteiger partial charge on any atom is -0.361 e. The summed E-state index contributed by atoms with van der Waals surface area (Å²) in [4.78, 5) is 18.2. The van der Waals surface area contributed by atoms with Crippen LogP contribution in [0.5, 0.6) is 0 Å². The fourth-order valence-corrected chi connectivity index (χ4v) is 3.75. The number of hydrogen-bond acceptors (Lipinski definition) is 2. The SMILES string of the molecule is O=C(N[C@H]1CCCN(Cc2ccc(Cl)cc2)C1)c1ccc2cc[nH]c2c1. The first-order chi connectivity index (χ1) is 12.7. The van der Waals surface area contributed by atoms with Crippen LogP contribution in [0.1, 0.15) is 28.8 Å². The lowest BCUT2D eigenvalue weighted by atomic mass is 10.0. The monoisotopic (exact) mass is 367 g/mol. The van der Waals surface area contributed by atoms with Gasteiger partial charge in [-0.1, -0.05) is 29.8 Å². The molecule has 2 heterocycles. The Morgan fingerprint density at radius 2 is 2.04 bits per heavy atom. The van der Waals surface area contributed by atoms with Crippen molar-refractivity contribution in [1.29, 1.82) is 0 Å². The molecule has 0 unspecified atom stereocenters. The van der Waals surface area contributed by atoms with Gasteiger partial charge in [-0.25, -0.2) is 0 Å². The molecule has 1 aromatic heterocycles. The van der Waals surface area contributed by atoms with Gasteiger partial charge in [-0.05, 0) is 60.7 Å². The summed E-state index contributed by atoms with van der Waals surface area (Å²) in [5, 5.41) is 5.08. The quantitative estimate of drug-likeness (QED) is 0.725. The molecule has 0 bridgehead atoms. The molecule has 1 fully saturated rings. The molecule has 5 heteroatoms. The number of nitrogens with one attached hydrogen (secondary N) is 2. The first-order valence-corrected chi connectivity index (χ1v) is 9.40. The number of H-pyrrole nitrogens is 1. The molecule has 1 atom stereocenters. The van der Waals surface area contributed by atoms with Crippen LogP contribution in [0.3, 0.4) is 0 Å². The van der Waals surface area contributed by atoms with Crippen molar-refractivity contribution in [2.45, 2.75) is 25.4 Å². The molecule has 0 spiro atoms. The first-order valence-electron chi connectivity index (χ1n) is 9.02. The number of carbonyl (C=O) groups is 1. The Hall–Kier alpha value is -2.30. The van der Waals surface area contributed by atoms with E-state index in [0.29, 0.717) is 5.56 Å². The second-order valence-electron chi connectivity index (χ2n) is 6.95. The lowest BCUT2D eigenvalue weighted by Crippen LogP contribution is -2.47. The molecule has 1 aliphatic rings. The van der Waals surface area contributed by atoms with E-state index in [9.17, 15) is 4.79 Å². The number of carbonyl (C=O) groups excluding carboxylic acids is 1. The zero-order valence-corrected chi connectivity index (χ0v) is 15.3. The number of likely N-dealkylation sites (tertiary alicyclic amines) is 1. The molecule has 4 rings (SSSR count). The van der Waals surface area contributed by atoms with Crippen molar-refractivity contribution in [3.8, 4) is 0 Å². The summed E-state index contributed by atoms with van der Waals surface area (Å²) in [6.45, 7) is 2.82. The largest absolute Gasteiger partial charge is 0.361 e. The number of benzene rings is 2. The smallest absolute Gasteiger partial charge is 0.251 e. The Morgan fingerprint density at radius 1 is 1.19 bits per heavy atom. The lowest BCUT2D eigenvalue weighted by molar-refractivity contribution is 0.0901. The van der Waals surface area contributed by atoms with Crippen LogP contribution in [0.2, 0.25) is 5.02 Å². The number of aromatic amines is 1. The molecular formula is C21H22ClN3O. The van der Waals surface area contributed by atoms with Gasteiger partial charge < -0.3 is 10.3 Å². The molecule has 1 saturated heterocycles. The summed E-state index contributed by atoms with van der Waals surface area (Å²) >= 11 is 5.96. The number of piperidine rings is 1. The van der Waals surface area contributed by atoms with Gasteiger partial charge in [-0.15, -0.1) is 0 Å². The molecule has 0 saturated carbocycles. The zero-order chi connectivity index (χ0) is 17.9. The number of hydrogen-bond donors (Lipinski definition) is 2. The molecule has 2 aromatic carbocycles. The van der Waals surface area contributed by atoms with Gasteiger partial charge in [0.15, 0.2) is 0 Å². The van der Waals surface area contributed by atoms with E-state index in [1.807, 2.05) is 42.6 Å². The van der Waals surface area contributed by atoms with Crippen molar-refractivity contribution in [3.05, 3.63) is 70.9 Å². The third-order valence-corrected chi connectivity index (χ3v) is 5.23. The molecule has 1 aliphatic heterocycles. The highest BCUT2D eigenvalue weighted by Crippen LogP contribution is 2.17. The maximum atomic E-state index is 12.6. The Labute approximate surface area is 158 Å². The van der Waals surface area contributed by atoms with Crippen LogP contribution in [0.25, 0.3) is 10.9 Å². The highest BCUT2D eigenvalue weighted by Gasteiger charge is 2.22. The third-order valence-electron chi connectivity index (χ3n) is 4.98. The minimum absolute atomic E-state index is 0.000145. The van der Waals surface area contributed by atoms with E-state index in [2.05, 4.69) is 27.3 Å². The number of rotatable bonds is 4. The third kappa shape index (κ3) is 3.92. The van der Waals surface area contributed by atoms with Gasteiger partial charge in [0, 0.05) is 41.4 Å². The molecular weight excluding hydrogens is 346 g/mol. The lowest BCUT2D eigenvalue weighted by Gasteiger charge is -2.33. The average molecular weight is 368 g/mol. The van der Waals surface area contributed by atoms with Crippen molar-refractivity contribution in [3.63, 3.8) is 0 Å². The maximum absolute atomic E-state index is 12.6. The van der Waals surface area contributed by atoms with E-state index in [1.165, 1.54) is 5.56 Å². The molecule has 26 heavy (non-hydrogen) atoms. The van der Waals surface area contributed by atoms with Gasteiger partial charge in [0.2, 0.25) is 0 Å². The van der Waals surface area contributed by atoms with Gasteiger partial charge in [-0.3, -0.25) is 9.69 Å². The van der Waals surface area contributed by atoms with Crippen molar-refractivity contribution < 1.29 is 4.79 Å². The summed E-state index contributed by atoms with van der Waals surface area (Å²) in [6, 6.07) is 16.0. The van der Waals surface area contributed by atoms with Crippen molar-refractivity contribution in [1.82, 2.24) is 15.2 Å². The number of amides is 1. The van der Waals surface area contributed by atoms with Gasteiger partial charge >= 0.3 is 0 Å². The Bertz CT molecular complexity index is 903. The predicted octanol–water partition coefficient (Wildman–Crippen LogP) is 4.22. The van der Waals surface area contributed by atoms with Crippen molar-refractivity contribution >= 4 is 28.4 Å². The van der Waals surface area contributed by atoms with Gasteiger partial charge in [-0.2, -0.15) is 0 Å². The average Bonchev–Trinajstić information content (AvgIpc) is 3.12. The topological polar surface area (TPSA) is 48.1 Å². The fourth-order valence-electron chi connectivity index (χ4n) is 3.62. The summed E-state index contributed by atoms with van der Waals surface area (Å²) in [6.07, 6.45) is 4.00. The second-order valence-corrected chi connectivity index (χ2v) is 7.39. The van der Waals surface area contributed by atoms with Gasteiger partial charge in [0.25, 0.3) is 5.91 Å². The standard InChI is InChI=1S/C21H22ClN3O/c22-18-7-3-15(4-8-18)13-25-11-1-2-19(14-25)24-21(26)17-6-5-16-9-10-23-20(16)12-17/h3-10,12,19,23H,1-2,11,13-14H2,(H,24,26)/t19-/m0/s1. The molecule has 4 nitrogen and oxygen atoms in total. The molecule has 2 N–H and O–H groups in total. The van der Waals surface area contributed by atoms with Crippen molar-refractivity contribution in [2.75, 3.05) is 13.1 Å². The minimum atomic E-state index is -0.000145. The van der Waals surface area contributed by atoms with Gasteiger partial charge in [0.1, 0.15) is 0 Å². The normalized spacial score (nSPS) is 18.1. The number of nitrogens with zero attached hydrogens (tertiary/aromatic N) is 1. The van der Waals surface area contributed by atoms with E-state index in [-0.39, 0.29) is 11.9 Å². The highest BCUT2D eigenvalue weighted by molar-refractivity contribution is 6.30.